The fraction of sp³-hybridized carbons (Fsp3) is 0.250. The Morgan fingerprint density at radius 3 is 2.52 bits per heavy atom. The lowest BCUT2D eigenvalue weighted by atomic mass is 10.1. The number of anilines is 1. The number of sulfone groups is 1. The lowest BCUT2D eigenvalue weighted by molar-refractivity contribution is 0.474. The van der Waals surface area contributed by atoms with Crippen molar-refractivity contribution in [2.45, 2.75) is 24.8 Å². The highest BCUT2D eigenvalue weighted by Crippen LogP contribution is 2.27. The molecule has 0 saturated heterocycles. The highest BCUT2D eigenvalue weighted by molar-refractivity contribution is 7.91. The molecule has 2 aromatic rings. The summed E-state index contributed by atoms with van der Waals surface area (Å²) in [6.07, 6.45) is 0. The van der Waals surface area contributed by atoms with Crippen LogP contribution in [0.2, 0.25) is 0 Å². The van der Waals surface area contributed by atoms with Gasteiger partial charge in [-0.2, -0.15) is 0 Å². The summed E-state index contributed by atoms with van der Waals surface area (Å²) < 4.78 is 24.2. The van der Waals surface area contributed by atoms with E-state index in [0.29, 0.717) is 10.6 Å². The van der Waals surface area contributed by atoms with E-state index in [4.69, 9.17) is 0 Å². The second-order valence-corrected chi connectivity index (χ2v) is 7.11. The average Bonchev–Trinajstić information content (AvgIpc) is 2.47. The van der Waals surface area contributed by atoms with Gasteiger partial charge >= 0.3 is 0 Å². The topological polar surface area (TPSA) is 66.4 Å². The zero-order valence-corrected chi connectivity index (χ0v) is 12.9. The first-order chi connectivity index (χ1) is 9.94. The summed E-state index contributed by atoms with van der Waals surface area (Å²) in [5.74, 6) is 0.252. The van der Waals surface area contributed by atoms with Crippen molar-refractivity contribution in [2.24, 2.45) is 0 Å². The summed E-state index contributed by atoms with van der Waals surface area (Å²) in [5, 5.41) is 12.7. The van der Waals surface area contributed by atoms with E-state index in [9.17, 15) is 13.5 Å². The Labute approximate surface area is 125 Å². The molecule has 0 aliphatic heterocycles. The molecule has 0 heterocycles. The molecule has 0 saturated carbocycles. The van der Waals surface area contributed by atoms with E-state index in [1.54, 1.807) is 49.4 Å². The van der Waals surface area contributed by atoms with Gasteiger partial charge in [0.05, 0.1) is 16.3 Å². The number of aromatic hydroxyl groups is 1. The van der Waals surface area contributed by atoms with Gasteiger partial charge in [-0.3, -0.25) is 0 Å². The van der Waals surface area contributed by atoms with Crippen LogP contribution in [0.3, 0.4) is 0 Å². The number of para-hydroxylation sites is 1. The molecule has 0 aromatic heterocycles. The Bertz CT molecular complexity index is 726. The third-order valence-electron chi connectivity index (χ3n) is 3.34. The number of benzene rings is 2. The molecule has 0 aliphatic carbocycles. The Morgan fingerprint density at radius 1 is 1.14 bits per heavy atom. The van der Waals surface area contributed by atoms with Crippen molar-refractivity contribution in [3.8, 4) is 5.75 Å². The molecule has 0 aliphatic rings. The van der Waals surface area contributed by atoms with Gasteiger partial charge in [-0.25, -0.2) is 8.42 Å². The van der Waals surface area contributed by atoms with E-state index >= 15 is 0 Å². The van der Waals surface area contributed by atoms with Crippen LogP contribution in [0.5, 0.6) is 5.75 Å². The first-order valence-corrected chi connectivity index (χ1v) is 8.46. The molecule has 0 spiro atoms. The van der Waals surface area contributed by atoms with Crippen LogP contribution in [-0.2, 0) is 9.84 Å². The van der Waals surface area contributed by atoms with Crippen molar-refractivity contribution in [1.29, 1.82) is 0 Å². The summed E-state index contributed by atoms with van der Waals surface area (Å²) in [5.41, 5.74) is 1.47. The quantitative estimate of drug-likeness (QED) is 0.889. The minimum atomic E-state index is -3.28. The number of nitrogens with one attached hydrogen (secondary N) is 1. The van der Waals surface area contributed by atoms with Crippen LogP contribution in [0.15, 0.2) is 53.4 Å². The number of phenols is 1. The lowest BCUT2D eigenvalue weighted by Gasteiger charge is -2.18. The van der Waals surface area contributed by atoms with E-state index in [-0.39, 0.29) is 17.5 Å². The van der Waals surface area contributed by atoms with Crippen molar-refractivity contribution in [3.63, 3.8) is 0 Å². The van der Waals surface area contributed by atoms with Crippen LogP contribution in [-0.4, -0.2) is 19.3 Å². The molecule has 0 bridgehead atoms. The third kappa shape index (κ3) is 3.55. The van der Waals surface area contributed by atoms with Gasteiger partial charge in [0.25, 0.3) is 0 Å². The molecule has 2 aromatic carbocycles. The van der Waals surface area contributed by atoms with Crippen LogP contribution < -0.4 is 5.32 Å². The summed E-state index contributed by atoms with van der Waals surface area (Å²) >= 11 is 0. The highest BCUT2D eigenvalue weighted by Gasteiger charge is 2.17. The van der Waals surface area contributed by atoms with E-state index < -0.39 is 9.84 Å². The van der Waals surface area contributed by atoms with Gasteiger partial charge in [0.1, 0.15) is 5.75 Å². The Kier molecular flexibility index (Phi) is 4.53. The van der Waals surface area contributed by atoms with E-state index in [0.717, 1.165) is 5.56 Å². The zero-order valence-electron chi connectivity index (χ0n) is 12.1. The van der Waals surface area contributed by atoms with Crippen molar-refractivity contribution in [3.05, 3.63) is 54.1 Å². The number of phenolic OH excluding ortho intramolecular Hbond substituents is 1. The fourth-order valence-corrected chi connectivity index (χ4v) is 3.18. The molecule has 1 atom stereocenters. The lowest BCUT2D eigenvalue weighted by Crippen LogP contribution is -2.12. The molecule has 0 fully saturated rings. The summed E-state index contributed by atoms with van der Waals surface area (Å²) in [6, 6.07) is 13.7. The summed E-state index contributed by atoms with van der Waals surface area (Å²) in [4.78, 5) is 0.305. The zero-order chi connectivity index (χ0) is 15.5. The third-order valence-corrected chi connectivity index (χ3v) is 5.13. The summed E-state index contributed by atoms with van der Waals surface area (Å²) in [7, 11) is -3.28. The molecule has 0 amide bonds. The van der Waals surface area contributed by atoms with Crippen molar-refractivity contribution in [1.82, 2.24) is 0 Å². The van der Waals surface area contributed by atoms with Crippen molar-refractivity contribution >= 4 is 15.5 Å². The average molecular weight is 305 g/mol. The van der Waals surface area contributed by atoms with Crippen LogP contribution in [0.25, 0.3) is 0 Å². The standard InChI is InChI=1S/C16H19NO3S/c1-3-21(19,20)16-10-5-4-9-15(16)17-12(2)13-7-6-8-14(18)11-13/h4-12,17-18H,3H2,1-2H3. The number of hydrogen-bond donors (Lipinski definition) is 2. The van der Waals surface area contributed by atoms with Gasteiger partial charge in [0.2, 0.25) is 0 Å². The SMILES string of the molecule is CCS(=O)(=O)c1ccccc1NC(C)c1cccc(O)c1. The maximum Gasteiger partial charge on any atom is 0.180 e. The second kappa shape index (κ2) is 6.18. The first kappa shape index (κ1) is 15.4. The summed E-state index contributed by atoms with van der Waals surface area (Å²) in [6.45, 7) is 3.55. The van der Waals surface area contributed by atoms with Crippen LogP contribution in [0.4, 0.5) is 5.69 Å². The number of rotatable bonds is 5. The normalized spacial score (nSPS) is 12.9. The maximum atomic E-state index is 12.1. The Hall–Kier alpha value is -2.01. The molecular weight excluding hydrogens is 286 g/mol. The van der Waals surface area contributed by atoms with E-state index in [2.05, 4.69) is 5.32 Å². The second-order valence-electron chi connectivity index (χ2n) is 4.86. The van der Waals surface area contributed by atoms with Gasteiger partial charge in [-0.15, -0.1) is 0 Å². The molecular formula is C16H19NO3S. The predicted molar refractivity (Wildman–Crippen MR) is 84.3 cm³/mol. The minimum Gasteiger partial charge on any atom is -0.508 e. The van der Waals surface area contributed by atoms with Gasteiger partial charge in [0.15, 0.2) is 9.84 Å². The van der Waals surface area contributed by atoms with Crippen LogP contribution in [0.1, 0.15) is 25.5 Å². The van der Waals surface area contributed by atoms with Crippen molar-refractivity contribution in [2.75, 3.05) is 11.1 Å². The van der Waals surface area contributed by atoms with Crippen molar-refractivity contribution < 1.29 is 13.5 Å². The molecule has 4 nitrogen and oxygen atoms in total. The number of hydrogen-bond acceptors (Lipinski definition) is 4. The molecule has 0 radical (unpaired) electrons. The van der Waals surface area contributed by atoms with E-state index in [1.165, 1.54) is 0 Å². The van der Waals surface area contributed by atoms with Crippen LogP contribution >= 0.6 is 0 Å². The molecule has 2 N–H and O–H groups in total. The molecule has 21 heavy (non-hydrogen) atoms. The smallest absolute Gasteiger partial charge is 0.180 e. The molecule has 5 heteroatoms. The van der Waals surface area contributed by atoms with Crippen LogP contribution in [0, 0.1) is 0 Å². The largest absolute Gasteiger partial charge is 0.508 e. The van der Waals surface area contributed by atoms with Gasteiger partial charge in [0, 0.05) is 6.04 Å². The van der Waals surface area contributed by atoms with Gasteiger partial charge in [-0.1, -0.05) is 31.2 Å². The van der Waals surface area contributed by atoms with Gasteiger partial charge < -0.3 is 10.4 Å². The van der Waals surface area contributed by atoms with E-state index in [1.807, 2.05) is 13.0 Å². The van der Waals surface area contributed by atoms with Gasteiger partial charge in [-0.05, 0) is 36.8 Å². The predicted octanol–water partition coefficient (Wildman–Crippen LogP) is 3.36. The molecule has 1 unspecified atom stereocenters. The Balaban J connectivity index is 2.32. The maximum absolute atomic E-state index is 12.1. The Morgan fingerprint density at radius 2 is 1.86 bits per heavy atom. The molecule has 2 rings (SSSR count). The molecule has 112 valence electrons. The highest BCUT2D eigenvalue weighted by atomic mass is 32.2. The first-order valence-electron chi connectivity index (χ1n) is 6.81. The minimum absolute atomic E-state index is 0.0617. The fourth-order valence-electron chi connectivity index (χ4n) is 2.12. The monoisotopic (exact) mass is 305 g/mol.